The van der Waals surface area contributed by atoms with E-state index in [1.165, 1.54) is 5.56 Å². The van der Waals surface area contributed by atoms with Gasteiger partial charge in [-0.1, -0.05) is 63.3 Å². The second kappa shape index (κ2) is 4.59. The molecule has 2 heteroatoms. The number of likely N-dealkylation sites (tertiary alicyclic amines) is 1. The third-order valence-corrected chi connectivity index (χ3v) is 4.34. The number of hydrogen-bond acceptors (Lipinski definition) is 1. The van der Waals surface area contributed by atoms with Crippen molar-refractivity contribution in [3.63, 3.8) is 0 Å². The fourth-order valence-electron chi connectivity index (χ4n) is 3.07. The summed E-state index contributed by atoms with van der Waals surface area (Å²) in [5, 5.41) is 0. The number of nitrogens with zero attached hydrogens (tertiary/aromatic N) is 1. The van der Waals surface area contributed by atoms with Crippen molar-refractivity contribution in [1.29, 1.82) is 0 Å². The van der Waals surface area contributed by atoms with Crippen LogP contribution in [0, 0.1) is 11.3 Å². The van der Waals surface area contributed by atoms with Gasteiger partial charge in [0.05, 0.1) is 11.0 Å². The van der Waals surface area contributed by atoms with Gasteiger partial charge in [-0.05, 0) is 31.7 Å². The lowest BCUT2D eigenvalue weighted by atomic mass is 9.66. The summed E-state index contributed by atoms with van der Waals surface area (Å²) in [6.45, 7) is 13.6. The molecule has 0 saturated carbocycles. The van der Waals surface area contributed by atoms with Crippen molar-refractivity contribution in [1.82, 2.24) is 4.90 Å². The Morgan fingerprint density at radius 2 is 1.47 bits per heavy atom. The van der Waals surface area contributed by atoms with Crippen LogP contribution in [0.3, 0.4) is 0 Å². The minimum atomic E-state index is 0.0827. The lowest BCUT2D eigenvalue weighted by molar-refractivity contribution is 0.0357. The van der Waals surface area contributed by atoms with Crippen LogP contribution in [0.15, 0.2) is 30.3 Å². The molecule has 0 N–H and O–H groups in total. The summed E-state index contributed by atoms with van der Waals surface area (Å²) in [7, 11) is 0. The smallest absolute Gasteiger partial charge is 0.0850 e. The van der Waals surface area contributed by atoms with Gasteiger partial charge in [0.25, 0.3) is 0 Å². The first-order valence-electron chi connectivity index (χ1n) is 7.02. The molecule has 1 saturated heterocycles. The lowest BCUT2D eigenvalue weighted by Gasteiger charge is -2.60. The Morgan fingerprint density at radius 3 is 1.89 bits per heavy atom. The molecule has 1 heterocycles. The molecule has 1 aliphatic heterocycles. The first kappa shape index (κ1) is 14.5. The van der Waals surface area contributed by atoms with E-state index in [1.807, 2.05) is 0 Å². The Bertz CT molecular complexity index is 440. The Hall–Kier alpha value is -0.890. The third-order valence-electron chi connectivity index (χ3n) is 3.89. The zero-order valence-corrected chi connectivity index (χ0v) is 13.7. The maximum absolute atomic E-state index is 5.73. The summed E-state index contributed by atoms with van der Waals surface area (Å²) in [5.41, 5.74) is 1.67. The van der Waals surface area contributed by atoms with Crippen molar-refractivity contribution in [2.45, 2.75) is 53.1 Å². The topological polar surface area (TPSA) is 3.24 Å². The molecule has 1 aromatic carbocycles. The molecule has 0 spiro atoms. The van der Waals surface area contributed by atoms with Gasteiger partial charge in [0.1, 0.15) is 0 Å². The first-order chi connectivity index (χ1) is 8.64. The minimum absolute atomic E-state index is 0.0827. The van der Waals surface area contributed by atoms with Crippen LogP contribution in [-0.2, 0) is 0 Å². The average molecular weight is 275 g/mol. The summed E-state index contributed by atoms with van der Waals surface area (Å²) in [6.07, 6.45) is 0. The third kappa shape index (κ3) is 2.55. The summed E-state index contributed by atoms with van der Waals surface area (Å²) < 4.78 is 0. The fraction of sp³-hybridized carbons (Fsp3) is 0.588. The molecule has 0 aliphatic carbocycles. The van der Waals surface area contributed by atoms with Gasteiger partial charge >= 0.3 is 0 Å². The molecule has 2 unspecified atom stereocenters. The van der Waals surface area contributed by atoms with Gasteiger partial charge in [-0.15, -0.1) is 0 Å². The molecule has 1 aromatic rings. The highest BCUT2D eigenvalue weighted by Gasteiger charge is 2.53. The van der Waals surface area contributed by atoms with E-state index in [1.54, 1.807) is 0 Å². The van der Waals surface area contributed by atoms with Crippen LogP contribution in [0.1, 0.15) is 53.1 Å². The van der Waals surface area contributed by atoms with Crippen LogP contribution in [0.25, 0.3) is 0 Å². The summed E-state index contributed by atoms with van der Waals surface area (Å²) >= 11 is 5.73. The second-order valence-electron chi connectivity index (χ2n) is 7.58. The largest absolute Gasteiger partial charge is 0.353 e. The van der Waals surface area contributed by atoms with Crippen molar-refractivity contribution in [2.75, 3.05) is 0 Å². The molecule has 0 bridgehead atoms. The van der Waals surface area contributed by atoms with E-state index in [0.29, 0.717) is 12.0 Å². The highest BCUT2D eigenvalue weighted by atomic mass is 32.1. The number of thiocarbonyl (C=S) groups is 1. The quantitative estimate of drug-likeness (QED) is 0.675. The average Bonchev–Trinajstić information content (AvgIpc) is 2.22. The van der Waals surface area contributed by atoms with E-state index in [2.05, 4.69) is 76.8 Å². The lowest BCUT2D eigenvalue weighted by Crippen LogP contribution is -2.64. The van der Waals surface area contributed by atoms with Gasteiger partial charge in [-0.3, -0.25) is 0 Å². The van der Waals surface area contributed by atoms with E-state index >= 15 is 0 Å². The minimum Gasteiger partial charge on any atom is -0.353 e. The predicted octanol–water partition coefficient (Wildman–Crippen LogP) is 4.83. The zero-order chi connectivity index (χ0) is 14.4. The van der Waals surface area contributed by atoms with E-state index < -0.39 is 0 Å². The van der Waals surface area contributed by atoms with Crippen LogP contribution in [0.5, 0.6) is 0 Å². The van der Waals surface area contributed by atoms with Gasteiger partial charge in [-0.2, -0.15) is 0 Å². The van der Waals surface area contributed by atoms with Gasteiger partial charge in [0, 0.05) is 11.5 Å². The van der Waals surface area contributed by atoms with Gasteiger partial charge in [0.15, 0.2) is 0 Å². The van der Waals surface area contributed by atoms with E-state index in [9.17, 15) is 0 Å². The highest BCUT2D eigenvalue weighted by Crippen LogP contribution is 2.52. The summed E-state index contributed by atoms with van der Waals surface area (Å²) in [5.74, 6) is 0.448. The van der Waals surface area contributed by atoms with E-state index in [-0.39, 0.29) is 11.0 Å². The van der Waals surface area contributed by atoms with E-state index in [0.717, 1.165) is 4.99 Å². The van der Waals surface area contributed by atoms with Crippen molar-refractivity contribution in [2.24, 2.45) is 11.3 Å². The first-order valence-corrected chi connectivity index (χ1v) is 7.43. The standard InChI is InChI=1S/C17H25NS/c1-16(2,3)13-14(12-10-8-7-9-11-12)18(15(13)19)17(4,5)6/h7-11,13-14H,1-6H3. The molecule has 0 radical (unpaired) electrons. The maximum atomic E-state index is 5.73. The molecular weight excluding hydrogens is 250 g/mol. The molecule has 2 atom stereocenters. The number of hydrogen-bond donors (Lipinski definition) is 0. The molecule has 104 valence electrons. The predicted molar refractivity (Wildman–Crippen MR) is 86.3 cm³/mol. The normalized spacial score (nSPS) is 24.3. The molecular formula is C17H25NS. The van der Waals surface area contributed by atoms with Gasteiger partial charge in [-0.25, -0.2) is 0 Å². The monoisotopic (exact) mass is 275 g/mol. The number of benzene rings is 1. The molecule has 1 nitrogen and oxygen atoms in total. The van der Waals surface area contributed by atoms with Gasteiger partial charge < -0.3 is 4.90 Å². The SMILES string of the molecule is CC(C)(C)C1C(=S)N(C(C)(C)C)C1c1ccccc1. The highest BCUT2D eigenvalue weighted by molar-refractivity contribution is 7.80. The molecule has 2 rings (SSSR count). The zero-order valence-electron chi connectivity index (χ0n) is 12.9. The fourth-order valence-corrected chi connectivity index (χ4v) is 3.94. The molecule has 19 heavy (non-hydrogen) atoms. The van der Waals surface area contributed by atoms with Crippen LogP contribution in [-0.4, -0.2) is 15.4 Å². The number of rotatable bonds is 1. The van der Waals surface area contributed by atoms with Crippen LogP contribution < -0.4 is 0 Å². The Balaban J connectivity index is 2.42. The van der Waals surface area contributed by atoms with Crippen LogP contribution in [0.4, 0.5) is 0 Å². The molecule has 1 aliphatic rings. The molecule has 1 fully saturated rings. The van der Waals surface area contributed by atoms with Crippen molar-refractivity contribution >= 4 is 17.2 Å². The van der Waals surface area contributed by atoms with E-state index in [4.69, 9.17) is 12.2 Å². The van der Waals surface area contributed by atoms with Crippen molar-refractivity contribution in [3.05, 3.63) is 35.9 Å². The Labute approximate surface area is 123 Å². The second-order valence-corrected chi connectivity index (χ2v) is 8.00. The summed E-state index contributed by atoms with van der Waals surface area (Å²) in [4.78, 5) is 3.53. The maximum Gasteiger partial charge on any atom is 0.0850 e. The van der Waals surface area contributed by atoms with Crippen LogP contribution in [0.2, 0.25) is 0 Å². The van der Waals surface area contributed by atoms with Gasteiger partial charge in [0.2, 0.25) is 0 Å². The molecule has 0 aromatic heterocycles. The van der Waals surface area contributed by atoms with Crippen molar-refractivity contribution < 1.29 is 0 Å². The Morgan fingerprint density at radius 1 is 0.947 bits per heavy atom. The Kier molecular flexibility index (Phi) is 3.51. The summed E-state index contributed by atoms with van der Waals surface area (Å²) in [6, 6.07) is 11.2. The van der Waals surface area contributed by atoms with Crippen LogP contribution >= 0.6 is 12.2 Å². The van der Waals surface area contributed by atoms with Crippen molar-refractivity contribution in [3.8, 4) is 0 Å². The molecule has 0 amide bonds.